The van der Waals surface area contributed by atoms with Gasteiger partial charge in [0.2, 0.25) is 11.7 Å². The molecule has 48 heavy (non-hydrogen) atoms. The van der Waals surface area contributed by atoms with Crippen molar-refractivity contribution in [2.45, 2.75) is 44.6 Å². The summed E-state index contributed by atoms with van der Waals surface area (Å²) in [4.78, 5) is 57.7. The van der Waals surface area contributed by atoms with Gasteiger partial charge in [0, 0.05) is 47.4 Å². The van der Waals surface area contributed by atoms with Crippen LogP contribution in [0.15, 0.2) is 40.3 Å². The van der Waals surface area contributed by atoms with E-state index in [1.807, 2.05) is 17.9 Å². The van der Waals surface area contributed by atoms with Crippen LogP contribution >= 0.6 is 23.4 Å². The zero-order valence-electron chi connectivity index (χ0n) is 29.4. The number of hydrogen-bond acceptors (Lipinski definition) is 11. The quantitative estimate of drug-likeness (QED) is 0.260. The van der Waals surface area contributed by atoms with Crippen LogP contribution in [-0.2, 0) is 22.5 Å². The molecule has 5 heterocycles. The number of piperazine rings is 1. The molecule has 0 radical (unpaired) electrons. The van der Waals surface area contributed by atoms with E-state index in [0.29, 0.717) is 58.3 Å². The van der Waals surface area contributed by atoms with Gasteiger partial charge in [-0.25, -0.2) is 9.97 Å². The van der Waals surface area contributed by atoms with Gasteiger partial charge in [-0.3, -0.25) is 14.4 Å². The van der Waals surface area contributed by atoms with E-state index in [0.717, 1.165) is 18.4 Å². The molecule has 4 aromatic rings. The van der Waals surface area contributed by atoms with Gasteiger partial charge in [-0.05, 0) is 50.6 Å². The van der Waals surface area contributed by atoms with Gasteiger partial charge in [0.25, 0.3) is 11.5 Å². The van der Waals surface area contributed by atoms with Crippen molar-refractivity contribution in [2.24, 2.45) is 0 Å². The maximum Gasteiger partial charge on any atom is 0.299 e. The number of rotatable bonds is 8. The van der Waals surface area contributed by atoms with Crippen molar-refractivity contribution >= 4 is 57.9 Å². The predicted molar refractivity (Wildman–Crippen MR) is 183 cm³/mol. The Labute approximate surface area is 290 Å². The SMILES string of the molecule is [2H]C([2H])([2H])Sc1ccc(NC(=O)Cn2c(CC)c(N3CCN(C(=O)c4ncnc(C)c4O)CC3)c(=O)n3nc(C4=CCCCOC4)nc23)c(Cl)c1. The van der Waals surface area contributed by atoms with E-state index in [1.54, 1.807) is 28.5 Å². The molecule has 2 aliphatic heterocycles. The van der Waals surface area contributed by atoms with Crippen molar-refractivity contribution in [2.75, 3.05) is 55.8 Å². The van der Waals surface area contributed by atoms with Crippen LogP contribution in [-0.4, -0.2) is 96.5 Å². The lowest BCUT2D eigenvalue weighted by Gasteiger charge is -2.36. The van der Waals surface area contributed by atoms with Crippen LogP contribution in [0.3, 0.4) is 0 Å². The number of carbonyl (C=O) groups excluding carboxylic acids is 2. The standard InChI is InChI=1S/C32H36ClN9O5S/c1-4-24-27(39-10-12-40(13-11-39)30(45)26-28(44)19(2)34-18-35-26)31(46)42-32(37-29(38-42)20-7-5-6-14-47-17-20)41(24)16-25(43)36-23-9-8-21(48-3)15-22(23)33/h7-9,15,18,44H,4-6,10-14,16-17H2,1-3H3,(H,36,43)/i3D3. The molecule has 1 fully saturated rings. The molecule has 2 aliphatic rings. The minimum atomic E-state index is -2.25. The molecule has 1 aromatic carbocycles. The lowest BCUT2D eigenvalue weighted by Crippen LogP contribution is -2.51. The summed E-state index contributed by atoms with van der Waals surface area (Å²) in [7, 11) is 0. The number of aromatic hydroxyl groups is 1. The van der Waals surface area contributed by atoms with E-state index in [1.165, 1.54) is 16.9 Å². The summed E-state index contributed by atoms with van der Waals surface area (Å²) in [5.74, 6) is -0.677. The van der Waals surface area contributed by atoms with E-state index in [9.17, 15) is 19.5 Å². The highest BCUT2D eigenvalue weighted by atomic mass is 35.5. The Morgan fingerprint density at radius 1 is 1.21 bits per heavy atom. The number of fused-ring (bicyclic) bond motifs is 1. The third-order valence-corrected chi connectivity index (χ3v) is 9.12. The van der Waals surface area contributed by atoms with Crippen LogP contribution < -0.4 is 15.8 Å². The number of nitrogens with zero attached hydrogens (tertiary/aromatic N) is 8. The van der Waals surface area contributed by atoms with Crippen molar-refractivity contribution < 1.29 is 23.5 Å². The average Bonchev–Trinajstić information content (AvgIpc) is 3.36. The number of allylic oxidation sites excluding steroid dienone is 1. The third-order valence-electron chi connectivity index (χ3n) is 8.31. The maximum atomic E-state index is 14.3. The van der Waals surface area contributed by atoms with Crippen LogP contribution in [0.5, 0.6) is 5.75 Å². The van der Waals surface area contributed by atoms with Gasteiger partial charge in [-0.1, -0.05) is 24.6 Å². The number of amides is 2. The number of halogens is 1. The molecule has 14 nitrogen and oxygen atoms in total. The third kappa shape index (κ3) is 6.62. The van der Waals surface area contributed by atoms with Crippen LogP contribution in [0, 0.1) is 6.92 Å². The van der Waals surface area contributed by atoms with Crippen molar-refractivity contribution in [3.05, 3.63) is 68.9 Å². The molecule has 0 unspecified atom stereocenters. The summed E-state index contributed by atoms with van der Waals surface area (Å²) in [5, 5.41) is 18.0. The Kier molecular flexibility index (Phi) is 8.86. The summed E-state index contributed by atoms with van der Waals surface area (Å²) in [6.07, 6.45) is 2.94. The first-order valence-electron chi connectivity index (χ1n) is 17.0. The lowest BCUT2D eigenvalue weighted by atomic mass is 10.2. The summed E-state index contributed by atoms with van der Waals surface area (Å²) >= 11 is 7.12. The highest BCUT2D eigenvalue weighted by Gasteiger charge is 2.30. The second-order valence-electron chi connectivity index (χ2n) is 11.3. The maximum absolute atomic E-state index is 14.3. The van der Waals surface area contributed by atoms with Crippen LogP contribution in [0.1, 0.15) is 51.6 Å². The summed E-state index contributed by atoms with van der Waals surface area (Å²) in [5.41, 5.74) is 1.70. The molecule has 3 aromatic heterocycles. The second kappa shape index (κ2) is 14.3. The summed E-state index contributed by atoms with van der Waals surface area (Å²) in [6, 6.07) is 4.58. The molecule has 0 bridgehead atoms. The van der Waals surface area contributed by atoms with E-state index in [-0.39, 0.29) is 61.6 Å². The van der Waals surface area contributed by atoms with E-state index < -0.39 is 23.6 Å². The minimum absolute atomic E-state index is 0.0855. The summed E-state index contributed by atoms with van der Waals surface area (Å²) < 4.78 is 31.1. The number of carbonyl (C=O) groups is 2. The molecule has 1 saturated heterocycles. The Morgan fingerprint density at radius 2 is 2.02 bits per heavy atom. The van der Waals surface area contributed by atoms with Crippen molar-refractivity contribution in [3.63, 3.8) is 0 Å². The number of aryl methyl sites for hydroxylation is 1. The molecule has 0 aliphatic carbocycles. The van der Waals surface area contributed by atoms with Crippen LogP contribution in [0.4, 0.5) is 11.4 Å². The molecule has 2 N–H and O–H groups in total. The monoisotopic (exact) mass is 696 g/mol. The molecular formula is C32H36ClN9O5S. The first-order chi connectivity index (χ1) is 24.3. The average molecular weight is 697 g/mol. The fourth-order valence-corrected chi connectivity index (χ4v) is 6.43. The molecule has 6 rings (SSSR count). The number of thioether (sulfide) groups is 1. The number of aromatic nitrogens is 6. The fourth-order valence-electron chi connectivity index (χ4n) is 5.82. The van der Waals surface area contributed by atoms with Crippen LogP contribution in [0.25, 0.3) is 11.4 Å². The van der Waals surface area contributed by atoms with Crippen molar-refractivity contribution in [1.29, 1.82) is 0 Å². The van der Waals surface area contributed by atoms with Crippen molar-refractivity contribution in [1.82, 2.24) is 34.0 Å². The molecule has 0 spiro atoms. The number of anilines is 2. The minimum Gasteiger partial charge on any atom is -0.504 e. The van der Waals surface area contributed by atoms with Gasteiger partial charge >= 0.3 is 0 Å². The lowest BCUT2D eigenvalue weighted by molar-refractivity contribution is -0.116. The number of benzene rings is 1. The molecular weight excluding hydrogens is 658 g/mol. The zero-order valence-corrected chi connectivity index (χ0v) is 28.0. The van der Waals surface area contributed by atoms with Gasteiger partial charge in [0.15, 0.2) is 17.3 Å². The number of hydrogen-bond donors (Lipinski definition) is 2. The fraction of sp³-hybridized carbons (Fsp3) is 0.406. The Morgan fingerprint density at radius 3 is 2.77 bits per heavy atom. The summed E-state index contributed by atoms with van der Waals surface area (Å²) in [6.45, 7) is 5.13. The van der Waals surface area contributed by atoms with E-state index in [2.05, 4.69) is 20.4 Å². The number of ether oxygens (including phenoxy) is 1. The van der Waals surface area contributed by atoms with Gasteiger partial charge < -0.3 is 29.5 Å². The zero-order chi connectivity index (χ0) is 36.4. The van der Waals surface area contributed by atoms with E-state index in [4.69, 9.17) is 25.4 Å². The highest BCUT2D eigenvalue weighted by Crippen LogP contribution is 2.28. The highest BCUT2D eigenvalue weighted by molar-refractivity contribution is 7.98. The Hall–Kier alpha value is -4.47. The van der Waals surface area contributed by atoms with Gasteiger partial charge in [0.05, 0.1) is 28.7 Å². The van der Waals surface area contributed by atoms with Crippen molar-refractivity contribution in [3.8, 4) is 5.75 Å². The van der Waals surface area contributed by atoms with Gasteiger partial charge in [0.1, 0.15) is 18.6 Å². The molecule has 16 heteroatoms. The first-order valence-corrected chi connectivity index (χ1v) is 16.7. The number of nitrogens with one attached hydrogen (secondary N) is 1. The second-order valence-corrected chi connectivity index (χ2v) is 12.4. The largest absolute Gasteiger partial charge is 0.504 e. The van der Waals surface area contributed by atoms with Gasteiger partial charge in [-0.15, -0.1) is 16.9 Å². The Balaban J connectivity index is 1.34. The first kappa shape index (κ1) is 29.7. The molecule has 252 valence electrons. The topological polar surface area (TPSA) is 160 Å². The predicted octanol–water partition coefficient (Wildman–Crippen LogP) is 3.43. The molecule has 0 atom stereocenters. The smallest absolute Gasteiger partial charge is 0.299 e. The van der Waals surface area contributed by atoms with E-state index >= 15 is 0 Å². The Bertz CT molecular complexity index is 2080. The van der Waals surface area contributed by atoms with Gasteiger partial charge in [-0.2, -0.15) is 9.50 Å². The molecule has 2 amide bonds. The molecule has 0 saturated carbocycles. The van der Waals surface area contributed by atoms with Crippen LogP contribution in [0.2, 0.25) is 5.02 Å². The normalized spacial score (nSPS) is 16.6.